The first kappa shape index (κ1) is 16.4. The van der Waals surface area contributed by atoms with Crippen LogP contribution in [-0.2, 0) is 17.4 Å². The van der Waals surface area contributed by atoms with Crippen molar-refractivity contribution in [2.24, 2.45) is 10.7 Å². The molecule has 0 radical (unpaired) electrons. The van der Waals surface area contributed by atoms with Crippen LogP contribution < -0.4 is 5.73 Å². The normalized spacial score (nSPS) is 18.0. The van der Waals surface area contributed by atoms with Gasteiger partial charge in [0.1, 0.15) is 0 Å². The maximum Gasteiger partial charge on any atom is 0.416 e. The number of aliphatic imine (C=N–C) groups is 1. The van der Waals surface area contributed by atoms with E-state index in [4.69, 9.17) is 5.73 Å². The highest BCUT2D eigenvalue weighted by Gasteiger charge is 2.36. The Morgan fingerprint density at radius 3 is 2.54 bits per heavy atom. The molecule has 0 fully saturated rings. The zero-order valence-corrected chi connectivity index (χ0v) is 12.9. The summed E-state index contributed by atoms with van der Waals surface area (Å²) in [5.74, 6) is -0.532. The average Bonchev–Trinajstić information content (AvgIpc) is 2.63. The molecule has 0 aromatic heterocycles. The Balaban J connectivity index is 2.28. The van der Waals surface area contributed by atoms with E-state index in [0.717, 1.165) is 11.6 Å². The lowest BCUT2D eigenvalue weighted by molar-refractivity contribution is -0.138. The van der Waals surface area contributed by atoms with Crippen LogP contribution in [0.5, 0.6) is 0 Å². The zero-order valence-electron chi connectivity index (χ0n) is 12.9. The number of nitrogens with two attached hydrogens (primary N) is 1. The first-order valence-corrected chi connectivity index (χ1v) is 7.40. The van der Waals surface area contributed by atoms with Crippen molar-refractivity contribution in [2.45, 2.75) is 25.7 Å². The van der Waals surface area contributed by atoms with Crippen molar-refractivity contribution in [3.63, 3.8) is 0 Å². The van der Waals surface area contributed by atoms with Crippen LogP contribution in [0.1, 0.15) is 27.8 Å². The summed E-state index contributed by atoms with van der Waals surface area (Å²) in [5.41, 5.74) is 7.08. The highest BCUT2D eigenvalue weighted by Crippen LogP contribution is 2.35. The first-order chi connectivity index (χ1) is 11.3. The van der Waals surface area contributed by atoms with E-state index in [1.165, 1.54) is 6.07 Å². The lowest BCUT2D eigenvalue weighted by Crippen LogP contribution is -2.29. The molecule has 0 bridgehead atoms. The third kappa shape index (κ3) is 2.97. The number of nitrogens with zero attached hydrogens (tertiary/aromatic N) is 1. The Morgan fingerprint density at radius 1 is 1.17 bits per heavy atom. The van der Waals surface area contributed by atoms with Crippen LogP contribution in [0.15, 0.2) is 47.5 Å². The molecule has 1 atom stereocenters. The minimum atomic E-state index is -4.54. The highest BCUT2D eigenvalue weighted by atomic mass is 19.4. The van der Waals surface area contributed by atoms with Crippen LogP contribution in [0.3, 0.4) is 0 Å². The minimum absolute atomic E-state index is 0.0665. The van der Waals surface area contributed by atoms with Gasteiger partial charge in [-0.1, -0.05) is 35.9 Å². The van der Waals surface area contributed by atoms with Gasteiger partial charge in [-0.25, -0.2) is 0 Å². The lowest BCUT2D eigenvalue weighted by atomic mass is 9.91. The molecule has 2 aromatic rings. The van der Waals surface area contributed by atoms with Gasteiger partial charge >= 0.3 is 6.18 Å². The van der Waals surface area contributed by atoms with E-state index < -0.39 is 23.7 Å². The summed E-state index contributed by atoms with van der Waals surface area (Å²) in [6, 6.07) is 11.1. The van der Waals surface area contributed by atoms with Gasteiger partial charge in [0, 0.05) is 17.5 Å². The number of Topliss-reactive ketones (excluding diaryl/α,β-unsaturated/α-hetero) is 1. The van der Waals surface area contributed by atoms with Gasteiger partial charge in [0.15, 0.2) is 11.9 Å². The second-order valence-electron chi connectivity index (χ2n) is 5.76. The fourth-order valence-corrected chi connectivity index (χ4v) is 2.85. The molecule has 3 rings (SSSR count). The largest absolute Gasteiger partial charge is 0.416 e. The van der Waals surface area contributed by atoms with Gasteiger partial charge in [-0.15, -0.1) is 0 Å². The van der Waals surface area contributed by atoms with E-state index in [0.29, 0.717) is 16.8 Å². The number of rotatable bonds is 1. The van der Waals surface area contributed by atoms with Gasteiger partial charge in [0.2, 0.25) is 0 Å². The number of carbonyl (C=O) groups is 1. The fraction of sp³-hybridized carbons (Fsp3) is 0.222. The van der Waals surface area contributed by atoms with Crippen LogP contribution >= 0.6 is 0 Å². The Bertz CT molecular complexity index is 840. The fourth-order valence-electron chi connectivity index (χ4n) is 2.85. The summed E-state index contributed by atoms with van der Waals surface area (Å²) in [6.45, 7) is 1.87. The topological polar surface area (TPSA) is 55.4 Å². The van der Waals surface area contributed by atoms with E-state index in [-0.39, 0.29) is 12.0 Å². The number of hydrogen-bond donors (Lipinski definition) is 1. The summed E-state index contributed by atoms with van der Waals surface area (Å²) < 4.78 is 40.0. The molecular formula is C18H15F3N2O. The predicted molar refractivity (Wildman–Crippen MR) is 84.9 cm³/mol. The number of ketones is 1. The molecule has 124 valence electrons. The van der Waals surface area contributed by atoms with Crippen molar-refractivity contribution in [1.82, 2.24) is 0 Å². The number of carbonyl (C=O) groups excluding carboxylic acids is 1. The number of halogens is 3. The first-order valence-electron chi connectivity index (χ1n) is 7.40. The summed E-state index contributed by atoms with van der Waals surface area (Å²) in [6.07, 6.45) is -6.10. The van der Waals surface area contributed by atoms with Crippen molar-refractivity contribution >= 4 is 11.5 Å². The molecule has 1 aliphatic heterocycles. The van der Waals surface area contributed by atoms with Crippen LogP contribution in [0.2, 0.25) is 0 Å². The molecule has 24 heavy (non-hydrogen) atoms. The number of alkyl halides is 3. The van der Waals surface area contributed by atoms with Crippen molar-refractivity contribution < 1.29 is 18.0 Å². The van der Waals surface area contributed by atoms with Crippen molar-refractivity contribution in [2.75, 3.05) is 0 Å². The molecule has 1 unspecified atom stereocenters. The molecule has 2 N–H and O–H groups in total. The van der Waals surface area contributed by atoms with Crippen molar-refractivity contribution in [1.29, 1.82) is 0 Å². The number of fused-ring (bicyclic) bond motifs is 1. The molecule has 1 aliphatic rings. The molecule has 0 spiro atoms. The number of aryl methyl sites for hydroxylation is 1. The summed E-state index contributed by atoms with van der Waals surface area (Å²) >= 11 is 0. The van der Waals surface area contributed by atoms with E-state index in [9.17, 15) is 18.0 Å². The third-order valence-electron chi connectivity index (χ3n) is 3.98. The molecule has 6 heteroatoms. The molecule has 1 heterocycles. The lowest BCUT2D eigenvalue weighted by Gasteiger charge is -2.16. The Hall–Kier alpha value is -2.47. The minimum Gasteiger partial charge on any atom is -0.303 e. The second kappa shape index (κ2) is 5.87. The van der Waals surface area contributed by atoms with Gasteiger partial charge in [0.25, 0.3) is 0 Å². The van der Waals surface area contributed by atoms with Crippen LogP contribution in [0, 0.1) is 6.92 Å². The van der Waals surface area contributed by atoms with Crippen LogP contribution in [0.4, 0.5) is 13.2 Å². The van der Waals surface area contributed by atoms with E-state index in [1.807, 2.05) is 19.1 Å². The van der Waals surface area contributed by atoms with Crippen molar-refractivity contribution in [3.05, 3.63) is 70.3 Å². The van der Waals surface area contributed by atoms with Gasteiger partial charge in [-0.3, -0.25) is 9.79 Å². The van der Waals surface area contributed by atoms with E-state index >= 15 is 0 Å². The zero-order chi connectivity index (χ0) is 17.5. The number of benzene rings is 2. The molecule has 2 aromatic carbocycles. The third-order valence-corrected chi connectivity index (χ3v) is 3.98. The summed E-state index contributed by atoms with van der Waals surface area (Å²) in [5, 5.41) is 0. The average molecular weight is 332 g/mol. The van der Waals surface area contributed by atoms with Gasteiger partial charge < -0.3 is 5.73 Å². The molecule has 3 nitrogen and oxygen atoms in total. The summed E-state index contributed by atoms with van der Waals surface area (Å²) in [4.78, 5) is 16.3. The standard InChI is InChI=1S/C18H15F3N2O/c1-10-4-2-5-11(8-10)16-12-6-3-7-14(18(19,20)21)13(12)9-15(24)17(22)23-16/h2-8,17H,9,22H2,1H3. The molecule has 0 amide bonds. The van der Waals surface area contributed by atoms with Gasteiger partial charge in [-0.2, -0.15) is 13.2 Å². The summed E-state index contributed by atoms with van der Waals surface area (Å²) in [7, 11) is 0. The van der Waals surface area contributed by atoms with Crippen molar-refractivity contribution in [3.8, 4) is 0 Å². The Morgan fingerprint density at radius 2 is 1.88 bits per heavy atom. The number of hydrogen-bond acceptors (Lipinski definition) is 3. The molecule has 0 aliphatic carbocycles. The van der Waals surface area contributed by atoms with E-state index in [1.54, 1.807) is 18.2 Å². The molecule has 0 saturated carbocycles. The van der Waals surface area contributed by atoms with Gasteiger partial charge in [0.05, 0.1) is 11.3 Å². The quantitative estimate of drug-likeness (QED) is 0.871. The van der Waals surface area contributed by atoms with Crippen LogP contribution in [-0.4, -0.2) is 17.7 Å². The van der Waals surface area contributed by atoms with Crippen LogP contribution in [0.25, 0.3) is 0 Å². The van der Waals surface area contributed by atoms with Gasteiger partial charge in [-0.05, 0) is 24.6 Å². The maximum atomic E-state index is 13.3. The second-order valence-corrected chi connectivity index (χ2v) is 5.76. The Kier molecular flexibility index (Phi) is 4.01. The highest BCUT2D eigenvalue weighted by molar-refractivity contribution is 6.16. The molecule has 0 saturated heterocycles. The predicted octanol–water partition coefficient (Wildman–Crippen LogP) is 3.26. The Labute approximate surface area is 137 Å². The smallest absolute Gasteiger partial charge is 0.303 e. The SMILES string of the molecule is Cc1cccc(C2=NC(N)C(=O)Cc3c2cccc3C(F)(F)F)c1. The molecular weight excluding hydrogens is 317 g/mol. The monoisotopic (exact) mass is 332 g/mol. The van der Waals surface area contributed by atoms with E-state index in [2.05, 4.69) is 4.99 Å². The maximum absolute atomic E-state index is 13.3.